The molecule has 0 amide bonds. The van der Waals surface area contributed by atoms with E-state index in [1.807, 2.05) is 38.1 Å². The lowest BCUT2D eigenvalue weighted by atomic mass is 10.1. The number of sulfonamides is 1. The van der Waals surface area contributed by atoms with E-state index in [0.717, 1.165) is 5.56 Å². The van der Waals surface area contributed by atoms with Crippen LogP contribution in [0, 0.1) is 6.92 Å². The summed E-state index contributed by atoms with van der Waals surface area (Å²) in [5.74, 6) is 0. The van der Waals surface area contributed by atoms with Gasteiger partial charge in [-0.1, -0.05) is 35.9 Å². The maximum atomic E-state index is 12.7. The number of nitrogens with zero attached hydrogens (tertiary/aromatic N) is 1. The number of hydrogen-bond donors (Lipinski definition) is 0. The summed E-state index contributed by atoms with van der Waals surface area (Å²) >= 11 is 1.25. The van der Waals surface area contributed by atoms with Gasteiger partial charge in [0.2, 0.25) is 0 Å². The van der Waals surface area contributed by atoms with Crippen molar-refractivity contribution in [3.8, 4) is 0 Å². The van der Waals surface area contributed by atoms with Gasteiger partial charge in [0, 0.05) is 13.1 Å². The first kappa shape index (κ1) is 15.7. The zero-order valence-corrected chi connectivity index (χ0v) is 14.2. The molecular weight excluding hydrogens is 318 g/mol. The molecule has 1 aliphatic rings. The molecule has 2 unspecified atom stereocenters. The van der Waals surface area contributed by atoms with Crippen molar-refractivity contribution in [1.82, 2.24) is 4.31 Å². The Morgan fingerprint density at radius 2 is 1.91 bits per heavy atom. The van der Waals surface area contributed by atoms with Gasteiger partial charge in [0.25, 0.3) is 10.0 Å². The van der Waals surface area contributed by atoms with Crippen LogP contribution in [0.4, 0.5) is 0 Å². The largest absolute Gasteiger partial charge is 0.368 e. The Balaban J connectivity index is 1.86. The minimum absolute atomic E-state index is 0.130. The summed E-state index contributed by atoms with van der Waals surface area (Å²) in [6.07, 6.45) is -0.353. The Morgan fingerprint density at radius 3 is 2.55 bits per heavy atom. The molecule has 1 saturated heterocycles. The third-order valence-corrected chi connectivity index (χ3v) is 6.97. The third kappa shape index (κ3) is 3.10. The fourth-order valence-electron chi connectivity index (χ4n) is 2.61. The molecule has 0 spiro atoms. The molecule has 1 aliphatic heterocycles. The molecule has 118 valence electrons. The summed E-state index contributed by atoms with van der Waals surface area (Å²) in [6, 6.07) is 11.5. The first-order valence-corrected chi connectivity index (χ1v) is 9.54. The molecule has 0 radical (unpaired) electrons. The Morgan fingerprint density at radius 1 is 1.18 bits per heavy atom. The summed E-state index contributed by atoms with van der Waals surface area (Å²) in [7, 11) is -3.43. The molecule has 6 heteroatoms. The second kappa shape index (κ2) is 6.12. The van der Waals surface area contributed by atoms with E-state index in [1.165, 1.54) is 21.2 Å². The first-order valence-electron chi connectivity index (χ1n) is 7.22. The molecule has 0 N–H and O–H groups in total. The van der Waals surface area contributed by atoms with Crippen LogP contribution in [0.2, 0.25) is 0 Å². The van der Waals surface area contributed by atoms with Gasteiger partial charge in [-0.2, -0.15) is 4.31 Å². The number of hydrogen-bond acceptors (Lipinski definition) is 4. The lowest BCUT2D eigenvalue weighted by molar-refractivity contribution is -0.0556. The van der Waals surface area contributed by atoms with Gasteiger partial charge in [0.1, 0.15) is 4.21 Å². The zero-order valence-electron chi connectivity index (χ0n) is 12.6. The van der Waals surface area contributed by atoms with E-state index < -0.39 is 10.0 Å². The van der Waals surface area contributed by atoms with E-state index in [4.69, 9.17) is 4.74 Å². The molecule has 2 heterocycles. The van der Waals surface area contributed by atoms with Crippen LogP contribution in [-0.2, 0) is 14.8 Å². The maximum absolute atomic E-state index is 12.7. The fourth-order valence-corrected chi connectivity index (χ4v) is 5.27. The number of thiophene rings is 1. The van der Waals surface area contributed by atoms with Crippen molar-refractivity contribution in [3.63, 3.8) is 0 Å². The highest BCUT2D eigenvalue weighted by Gasteiger charge is 2.34. The van der Waals surface area contributed by atoms with E-state index in [2.05, 4.69) is 0 Å². The van der Waals surface area contributed by atoms with E-state index in [1.54, 1.807) is 17.5 Å². The summed E-state index contributed by atoms with van der Waals surface area (Å²) < 4.78 is 33.3. The summed E-state index contributed by atoms with van der Waals surface area (Å²) in [6.45, 7) is 4.69. The number of morpholine rings is 1. The smallest absolute Gasteiger partial charge is 0.252 e. The molecule has 2 aromatic rings. The standard InChI is InChI=1S/C16H19NO3S2/c1-12-5-7-14(8-6-12)15-11-17(10-13(2)20-15)22(18,19)16-4-3-9-21-16/h3-9,13,15H,10-11H2,1-2H3. The highest BCUT2D eigenvalue weighted by Crippen LogP contribution is 2.30. The highest BCUT2D eigenvalue weighted by molar-refractivity contribution is 7.91. The van der Waals surface area contributed by atoms with Gasteiger partial charge in [-0.25, -0.2) is 8.42 Å². The lowest BCUT2D eigenvalue weighted by Crippen LogP contribution is -2.45. The molecule has 0 aliphatic carbocycles. The predicted octanol–water partition coefficient (Wildman–Crippen LogP) is 3.21. The number of benzene rings is 1. The number of ether oxygens (including phenoxy) is 1. The number of aryl methyl sites for hydroxylation is 1. The average Bonchev–Trinajstić information content (AvgIpc) is 3.02. The molecule has 2 atom stereocenters. The monoisotopic (exact) mass is 337 g/mol. The third-order valence-electron chi connectivity index (χ3n) is 3.77. The van der Waals surface area contributed by atoms with Gasteiger partial charge >= 0.3 is 0 Å². The van der Waals surface area contributed by atoms with Gasteiger partial charge in [0.15, 0.2) is 0 Å². The van der Waals surface area contributed by atoms with Crippen molar-refractivity contribution in [2.75, 3.05) is 13.1 Å². The zero-order chi connectivity index (χ0) is 15.7. The van der Waals surface area contributed by atoms with E-state index in [0.29, 0.717) is 17.3 Å². The Bertz CT molecular complexity index is 723. The van der Waals surface area contributed by atoms with Crippen molar-refractivity contribution in [1.29, 1.82) is 0 Å². The molecule has 1 aromatic heterocycles. The van der Waals surface area contributed by atoms with Crippen molar-refractivity contribution in [3.05, 3.63) is 52.9 Å². The van der Waals surface area contributed by atoms with Crippen molar-refractivity contribution < 1.29 is 13.2 Å². The van der Waals surface area contributed by atoms with E-state index in [9.17, 15) is 8.42 Å². The van der Waals surface area contributed by atoms with Crippen LogP contribution in [0.3, 0.4) is 0 Å². The molecule has 4 nitrogen and oxygen atoms in total. The molecule has 0 bridgehead atoms. The first-order chi connectivity index (χ1) is 10.5. The van der Waals surface area contributed by atoms with Crippen LogP contribution in [0.15, 0.2) is 46.0 Å². The lowest BCUT2D eigenvalue weighted by Gasteiger charge is -2.36. The van der Waals surface area contributed by atoms with Crippen LogP contribution in [0.5, 0.6) is 0 Å². The minimum Gasteiger partial charge on any atom is -0.368 e. The van der Waals surface area contributed by atoms with Gasteiger partial charge in [-0.3, -0.25) is 0 Å². The molecule has 1 aromatic carbocycles. The Kier molecular flexibility index (Phi) is 4.36. The molecule has 22 heavy (non-hydrogen) atoms. The highest BCUT2D eigenvalue weighted by atomic mass is 32.2. The SMILES string of the molecule is Cc1ccc(C2CN(S(=O)(=O)c3cccs3)CC(C)O2)cc1. The predicted molar refractivity (Wildman–Crippen MR) is 87.5 cm³/mol. The average molecular weight is 337 g/mol. The van der Waals surface area contributed by atoms with Crippen LogP contribution in [0.25, 0.3) is 0 Å². The second-order valence-electron chi connectivity index (χ2n) is 5.60. The van der Waals surface area contributed by atoms with Crippen molar-refractivity contribution in [2.24, 2.45) is 0 Å². The van der Waals surface area contributed by atoms with Crippen LogP contribution < -0.4 is 0 Å². The normalized spacial score (nSPS) is 23.5. The summed E-state index contributed by atoms with van der Waals surface area (Å²) in [5, 5.41) is 1.79. The topological polar surface area (TPSA) is 46.6 Å². The van der Waals surface area contributed by atoms with Crippen molar-refractivity contribution in [2.45, 2.75) is 30.3 Å². The van der Waals surface area contributed by atoms with Crippen LogP contribution >= 0.6 is 11.3 Å². The van der Waals surface area contributed by atoms with Gasteiger partial charge < -0.3 is 4.74 Å². The van der Waals surface area contributed by atoms with Crippen LogP contribution in [0.1, 0.15) is 24.2 Å². The van der Waals surface area contributed by atoms with Gasteiger partial charge in [-0.15, -0.1) is 11.3 Å². The molecular formula is C16H19NO3S2. The summed E-state index contributed by atoms with van der Waals surface area (Å²) in [5.41, 5.74) is 2.19. The second-order valence-corrected chi connectivity index (χ2v) is 8.71. The maximum Gasteiger partial charge on any atom is 0.252 e. The quantitative estimate of drug-likeness (QED) is 0.864. The van der Waals surface area contributed by atoms with E-state index in [-0.39, 0.29) is 12.2 Å². The fraction of sp³-hybridized carbons (Fsp3) is 0.375. The minimum atomic E-state index is -3.43. The van der Waals surface area contributed by atoms with E-state index >= 15 is 0 Å². The van der Waals surface area contributed by atoms with Gasteiger partial charge in [-0.05, 0) is 30.9 Å². The Hall–Kier alpha value is -1.21. The van der Waals surface area contributed by atoms with Crippen molar-refractivity contribution >= 4 is 21.4 Å². The Labute approximate surface area is 135 Å². The van der Waals surface area contributed by atoms with Crippen LogP contribution in [-0.4, -0.2) is 31.9 Å². The van der Waals surface area contributed by atoms with Gasteiger partial charge in [0.05, 0.1) is 12.2 Å². The molecule has 0 saturated carbocycles. The molecule has 1 fully saturated rings. The molecule has 3 rings (SSSR count). The number of rotatable bonds is 3. The summed E-state index contributed by atoms with van der Waals surface area (Å²) in [4.78, 5) is 0.